The number of benzene rings is 3. The molecule has 0 bridgehead atoms. The minimum atomic E-state index is -0.593. The molecule has 0 atom stereocenters. The van der Waals surface area contributed by atoms with Gasteiger partial charge in [-0.25, -0.2) is 5.43 Å². The van der Waals surface area contributed by atoms with Crippen molar-refractivity contribution in [1.82, 2.24) is 5.43 Å². The van der Waals surface area contributed by atoms with E-state index in [-0.39, 0.29) is 22.5 Å². The van der Waals surface area contributed by atoms with Crippen LogP contribution in [0, 0.1) is 17.0 Å². The second-order valence-electron chi connectivity index (χ2n) is 6.62. The molecule has 0 aromatic heterocycles. The fourth-order valence-electron chi connectivity index (χ4n) is 2.76. The van der Waals surface area contributed by atoms with Gasteiger partial charge in [0.15, 0.2) is 0 Å². The Kier molecular flexibility index (Phi) is 7.19. The third-order valence-electron chi connectivity index (χ3n) is 4.42. The van der Waals surface area contributed by atoms with Gasteiger partial charge < -0.3 is 5.32 Å². The van der Waals surface area contributed by atoms with Crippen LogP contribution in [0.5, 0.6) is 0 Å². The quantitative estimate of drug-likeness (QED) is 0.291. The lowest BCUT2D eigenvalue weighted by Crippen LogP contribution is -2.21. The number of carbonyl (C=O) groups is 2. The zero-order valence-corrected chi connectivity index (χ0v) is 18.1. The number of anilines is 1. The number of hydrazone groups is 1. The molecular formula is C22H16Cl2N4O4. The summed E-state index contributed by atoms with van der Waals surface area (Å²) in [5.74, 6) is -1.16. The summed E-state index contributed by atoms with van der Waals surface area (Å²) in [6.45, 7) is 1.58. The Labute approximate surface area is 193 Å². The number of nitrogens with zero attached hydrogens (tertiary/aromatic N) is 2. The van der Waals surface area contributed by atoms with Gasteiger partial charge in [-0.1, -0.05) is 47.5 Å². The minimum absolute atomic E-state index is 0.0907. The first-order chi connectivity index (χ1) is 15.3. The molecule has 0 spiro atoms. The molecule has 0 heterocycles. The van der Waals surface area contributed by atoms with Crippen LogP contribution in [0.25, 0.3) is 0 Å². The Hall–Kier alpha value is -3.75. The van der Waals surface area contributed by atoms with Gasteiger partial charge in [0.25, 0.3) is 17.5 Å². The predicted molar refractivity (Wildman–Crippen MR) is 124 cm³/mol. The molecule has 0 aliphatic rings. The van der Waals surface area contributed by atoms with Gasteiger partial charge in [0.1, 0.15) is 0 Å². The van der Waals surface area contributed by atoms with Crippen LogP contribution >= 0.6 is 23.2 Å². The fraction of sp³-hybridized carbons (Fsp3) is 0.0455. The van der Waals surface area contributed by atoms with Gasteiger partial charge in [-0.05, 0) is 37.3 Å². The first kappa shape index (κ1) is 22.9. The fourth-order valence-corrected chi connectivity index (χ4v) is 3.22. The van der Waals surface area contributed by atoms with Crippen molar-refractivity contribution in [3.8, 4) is 0 Å². The monoisotopic (exact) mass is 470 g/mol. The van der Waals surface area contributed by atoms with Crippen LogP contribution in [0.1, 0.15) is 31.8 Å². The minimum Gasteiger partial charge on any atom is -0.321 e. The van der Waals surface area contributed by atoms with Crippen LogP contribution < -0.4 is 10.7 Å². The predicted octanol–water partition coefficient (Wildman–Crippen LogP) is 5.23. The molecule has 0 unspecified atom stereocenters. The molecule has 2 N–H and O–H groups in total. The average Bonchev–Trinajstić information content (AvgIpc) is 2.75. The van der Waals surface area contributed by atoms with E-state index in [2.05, 4.69) is 15.8 Å². The first-order valence-corrected chi connectivity index (χ1v) is 9.95. The van der Waals surface area contributed by atoms with Crippen LogP contribution in [-0.2, 0) is 0 Å². The Morgan fingerprint density at radius 3 is 2.50 bits per heavy atom. The summed E-state index contributed by atoms with van der Waals surface area (Å²) in [7, 11) is 0. The Balaban J connectivity index is 1.76. The average molecular weight is 471 g/mol. The van der Waals surface area contributed by atoms with Crippen molar-refractivity contribution in [2.45, 2.75) is 6.92 Å². The lowest BCUT2D eigenvalue weighted by molar-refractivity contribution is -0.385. The first-order valence-electron chi connectivity index (χ1n) is 9.20. The highest BCUT2D eigenvalue weighted by Crippen LogP contribution is 2.22. The zero-order valence-electron chi connectivity index (χ0n) is 16.6. The Morgan fingerprint density at radius 1 is 1.03 bits per heavy atom. The largest absolute Gasteiger partial charge is 0.321 e. The number of amides is 2. The van der Waals surface area contributed by atoms with Gasteiger partial charge in [-0.2, -0.15) is 5.10 Å². The third kappa shape index (κ3) is 5.48. The number of nitrogens with one attached hydrogen (secondary N) is 2. The second kappa shape index (κ2) is 10.0. The highest BCUT2D eigenvalue weighted by molar-refractivity contribution is 6.36. The van der Waals surface area contributed by atoms with Crippen LogP contribution in [0.4, 0.5) is 11.4 Å². The molecule has 0 saturated carbocycles. The molecule has 0 radical (unpaired) electrons. The van der Waals surface area contributed by atoms with E-state index in [1.807, 2.05) is 0 Å². The molecule has 2 amide bonds. The van der Waals surface area contributed by atoms with Crippen LogP contribution in [0.3, 0.4) is 0 Å². The molecule has 0 aliphatic carbocycles. The molecule has 0 fully saturated rings. The number of aryl methyl sites for hydroxylation is 1. The van der Waals surface area contributed by atoms with E-state index in [0.717, 1.165) is 0 Å². The molecular weight excluding hydrogens is 455 g/mol. The summed E-state index contributed by atoms with van der Waals surface area (Å²) < 4.78 is 0. The number of hydrogen-bond donors (Lipinski definition) is 2. The van der Waals surface area contributed by atoms with Crippen LogP contribution in [-0.4, -0.2) is 23.0 Å². The zero-order chi connectivity index (χ0) is 23.3. The molecule has 162 valence electrons. The smallest absolute Gasteiger partial charge is 0.273 e. The maximum Gasteiger partial charge on any atom is 0.273 e. The van der Waals surface area contributed by atoms with Crippen molar-refractivity contribution in [2.75, 3.05) is 5.32 Å². The standard InChI is InChI=1S/C22H16Cl2N4O4/c1-13-6-7-14(10-20(13)28(31)32)21(29)26-19-5-3-2-4-17(19)22(30)27-25-12-15-8-9-16(23)11-18(15)24/h2-12H,1H3,(H,26,29)(H,27,30). The van der Waals surface area contributed by atoms with Crippen LogP contribution in [0.15, 0.2) is 65.8 Å². The van der Waals surface area contributed by atoms with Crippen LogP contribution in [0.2, 0.25) is 10.0 Å². The van der Waals surface area contributed by atoms with Crippen molar-refractivity contribution in [1.29, 1.82) is 0 Å². The van der Waals surface area contributed by atoms with Gasteiger partial charge in [-0.3, -0.25) is 19.7 Å². The number of carbonyl (C=O) groups excluding carboxylic acids is 2. The lowest BCUT2D eigenvalue weighted by Gasteiger charge is -2.10. The van der Waals surface area contributed by atoms with E-state index in [9.17, 15) is 19.7 Å². The van der Waals surface area contributed by atoms with Gasteiger partial charge in [0.2, 0.25) is 0 Å². The number of halogens is 2. The number of para-hydroxylation sites is 1. The summed E-state index contributed by atoms with van der Waals surface area (Å²) in [5, 5.41) is 18.5. The van der Waals surface area contributed by atoms with Gasteiger partial charge in [0, 0.05) is 27.8 Å². The maximum atomic E-state index is 12.6. The second-order valence-corrected chi connectivity index (χ2v) is 7.47. The van der Waals surface area contributed by atoms with E-state index < -0.39 is 16.7 Å². The van der Waals surface area contributed by atoms with E-state index in [4.69, 9.17) is 23.2 Å². The summed E-state index contributed by atoms with van der Waals surface area (Å²) in [5.41, 5.74) is 3.66. The van der Waals surface area contributed by atoms with E-state index in [1.165, 1.54) is 36.5 Å². The van der Waals surface area contributed by atoms with E-state index in [1.54, 1.807) is 37.3 Å². The van der Waals surface area contributed by atoms with Crippen molar-refractivity contribution in [3.63, 3.8) is 0 Å². The topological polar surface area (TPSA) is 114 Å². The summed E-state index contributed by atoms with van der Waals surface area (Å²) in [4.78, 5) is 35.8. The normalized spacial score (nSPS) is 10.7. The molecule has 3 rings (SSSR count). The molecule has 32 heavy (non-hydrogen) atoms. The van der Waals surface area contributed by atoms with Crippen molar-refractivity contribution < 1.29 is 14.5 Å². The summed E-state index contributed by atoms with van der Waals surface area (Å²) >= 11 is 11.9. The number of nitro groups is 1. The highest BCUT2D eigenvalue weighted by atomic mass is 35.5. The molecule has 3 aromatic carbocycles. The van der Waals surface area contributed by atoms with Gasteiger partial charge in [0.05, 0.1) is 27.4 Å². The highest BCUT2D eigenvalue weighted by Gasteiger charge is 2.17. The third-order valence-corrected chi connectivity index (χ3v) is 4.98. The number of rotatable bonds is 6. The number of nitro benzene ring substituents is 1. The number of hydrogen-bond acceptors (Lipinski definition) is 5. The molecule has 8 nitrogen and oxygen atoms in total. The van der Waals surface area contributed by atoms with Crippen molar-refractivity contribution >= 4 is 52.6 Å². The lowest BCUT2D eigenvalue weighted by atomic mass is 10.1. The molecule has 0 saturated heterocycles. The van der Waals surface area contributed by atoms with Gasteiger partial charge >= 0.3 is 0 Å². The van der Waals surface area contributed by atoms with Crippen molar-refractivity contribution in [2.24, 2.45) is 5.10 Å². The SMILES string of the molecule is Cc1ccc(C(=O)Nc2ccccc2C(=O)NN=Cc2ccc(Cl)cc2Cl)cc1[N+](=O)[O-]. The molecule has 0 aliphatic heterocycles. The maximum absolute atomic E-state index is 12.6. The van der Waals surface area contributed by atoms with Crippen molar-refractivity contribution in [3.05, 3.63) is 103 Å². The summed E-state index contributed by atoms with van der Waals surface area (Å²) in [6.07, 6.45) is 1.36. The van der Waals surface area contributed by atoms with E-state index >= 15 is 0 Å². The summed E-state index contributed by atoms with van der Waals surface area (Å²) in [6, 6.07) is 15.3. The molecule has 3 aromatic rings. The Morgan fingerprint density at radius 2 is 1.78 bits per heavy atom. The van der Waals surface area contributed by atoms with E-state index in [0.29, 0.717) is 21.2 Å². The van der Waals surface area contributed by atoms with Gasteiger partial charge in [-0.15, -0.1) is 0 Å². The molecule has 10 heteroatoms. The Bertz CT molecular complexity index is 1240.